The van der Waals surface area contributed by atoms with Crippen LogP contribution in [0.5, 0.6) is 0 Å². The van der Waals surface area contributed by atoms with E-state index < -0.39 is 0 Å². The van der Waals surface area contributed by atoms with Gasteiger partial charge in [-0.25, -0.2) is 9.97 Å². The molecule has 5 heterocycles. The van der Waals surface area contributed by atoms with Crippen LogP contribution in [0, 0.1) is 0 Å². The Morgan fingerprint density at radius 2 is 1.81 bits per heavy atom. The Labute approximate surface area is 217 Å². The molecule has 37 heavy (non-hydrogen) atoms. The molecule has 8 nitrogen and oxygen atoms in total. The molecule has 1 N–H and O–H groups in total. The van der Waals surface area contributed by atoms with E-state index >= 15 is 0 Å². The van der Waals surface area contributed by atoms with Crippen molar-refractivity contribution >= 4 is 22.6 Å². The van der Waals surface area contributed by atoms with Gasteiger partial charge in [0.25, 0.3) is 5.91 Å². The second-order valence-electron chi connectivity index (χ2n) is 10.8. The zero-order valence-electron chi connectivity index (χ0n) is 22.1. The fourth-order valence-electron chi connectivity index (χ4n) is 4.63. The number of pyridine rings is 3. The Bertz CT molecular complexity index is 1410. The quantitative estimate of drug-likeness (QED) is 0.426. The van der Waals surface area contributed by atoms with Crippen LogP contribution in [0.3, 0.4) is 0 Å². The molecular formula is C29H34N6O2. The fourth-order valence-corrected chi connectivity index (χ4v) is 4.63. The summed E-state index contributed by atoms with van der Waals surface area (Å²) in [4.78, 5) is 29.2. The molecule has 192 valence electrons. The van der Waals surface area contributed by atoms with E-state index in [9.17, 15) is 4.79 Å². The molecule has 1 amide bonds. The Morgan fingerprint density at radius 1 is 1.05 bits per heavy atom. The third-order valence-corrected chi connectivity index (χ3v) is 6.53. The van der Waals surface area contributed by atoms with Crippen LogP contribution >= 0.6 is 0 Å². The molecule has 1 saturated heterocycles. The van der Waals surface area contributed by atoms with Crippen LogP contribution in [-0.2, 0) is 16.8 Å². The summed E-state index contributed by atoms with van der Waals surface area (Å²) in [7, 11) is 0. The summed E-state index contributed by atoms with van der Waals surface area (Å²) in [6.45, 7) is 12.4. The zero-order chi connectivity index (χ0) is 26.2. The van der Waals surface area contributed by atoms with E-state index in [1.54, 1.807) is 6.20 Å². The van der Waals surface area contributed by atoms with Gasteiger partial charge in [0.15, 0.2) is 0 Å². The molecule has 1 aliphatic rings. The number of hydrogen-bond acceptors (Lipinski definition) is 6. The third-order valence-electron chi connectivity index (χ3n) is 6.53. The Hall–Kier alpha value is -3.78. The number of fused-ring (bicyclic) bond motifs is 1. The molecule has 8 heteroatoms. The molecule has 0 aliphatic carbocycles. The highest BCUT2D eigenvalue weighted by Gasteiger charge is 2.23. The first-order valence-electron chi connectivity index (χ1n) is 12.8. The van der Waals surface area contributed by atoms with Gasteiger partial charge >= 0.3 is 0 Å². The standard InChI is InChI=1S/C29H34N6O2/c1-19-16-34(17-20(2)37-19)27-8-6-7-24(33-27)25-10-9-21-14-30-23(13-26(21)32-25)15-31-28(36)22-11-12-35(18-22)29(3,4)5/h6-14,18-20H,15-17H2,1-5H3,(H,31,36)/t19-,20+. The second-order valence-corrected chi connectivity index (χ2v) is 10.8. The minimum absolute atomic E-state index is 0.0742. The Morgan fingerprint density at radius 3 is 2.54 bits per heavy atom. The molecule has 4 aromatic rings. The van der Waals surface area contributed by atoms with Crippen molar-refractivity contribution in [2.45, 2.75) is 58.9 Å². The summed E-state index contributed by atoms with van der Waals surface area (Å²) in [6.07, 6.45) is 5.92. The van der Waals surface area contributed by atoms with Gasteiger partial charge in [-0.15, -0.1) is 0 Å². The molecule has 0 bridgehead atoms. The first-order valence-corrected chi connectivity index (χ1v) is 12.8. The van der Waals surface area contributed by atoms with Gasteiger partial charge in [-0.3, -0.25) is 9.78 Å². The lowest BCUT2D eigenvalue weighted by molar-refractivity contribution is -0.00545. The number of amides is 1. The van der Waals surface area contributed by atoms with Crippen molar-refractivity contribution in [1.82, 2.24) is 24.8 Å². The topological polar surface area (TPSA) is 85.2 Å². The van der Waals surface area contributed by atoms with E-state index in [0.717, 1.165) is 46.9 Å². The molecule has 2 atom stereocenters. The predicted molar refractivity (Wildman–Crippen MR) is 146 cm³/mol. The number of hydrogen-bond donors (Lipinski definition) is 1. The van der Waals surface area contributed by atoms with Gasteiger partial charge in [0.1, 0.15) is 5.82 Å². The van der Waals surface area contributed by atoms with Gasteiger partial charge in [-0.1, -0.05) is 6.07 Å². The number of carbonyl (C=O) groups excluding carboxylic acids is 1. The number of nitrogens with zero attached hydrogens (tertiary/aromatic N) is 5. The number of rotatable bonds is 5. The van der Waals surface area contributed by atoms with E-state index in [1.807, 2.05) is 59.4 Å². The largest absolute Gasteiger partial charge is 0.372 e. The lowest BCUT2D eigenvalue weighted by Crippen LogP contribution is -2.45. The summed E-state index contributed by atoms with van der Waals surface area (Å²) < 4.78 is 7.90. The van der Waals surface area contributed by atoms with Crippen LogP contribution in [-0.4, -0.2) is 50.7 Å². The molecule has 5 rings (SSSR count). The number of ether oxygens (including phenoxy) is 1. The second kappa shape index (κ2) is 9.94. The maximum absolute atomic E-state index is 12.7. The van der Waals surface area contributed by atoms with Crippen molar-refractivity contribution in [3.63, 3.8) is 0 Å². The molecular weight excluding hydrogens is 464 g/mol. The lowest BCUT2D eigenvalue weighted by atomic mass is 10.1. The van der Waals surface area contributed by atoms with E-state index in [1.165, 1.54) is 0 Å². The highest BCUT2D eigenvalue weighted by Crippen LogP contribution is 2.24. The number of aromatic nitrogens is 4. The van der Waals surface area contributed by atoms with Gasteiger partial charge in [0, 0.05) is 42.6 Å². The summed E-state index contributed by atoms with van der Waals surface area (Å²) in [6, 6.07) is 13.8. The summed E-state index contributed by atoms with van der Waals surface area (Å²) in [5, 5.41) is 3.91. The minimum atomic E-state index is -0.126. The van der Waals surface area contributed by atoms with Crippen LogP contribution in [0.4, 0.5) is 5.82 Å². The van der Waals surface area contributed by atoms with Crippen molar-refractivity contribution in [2.75, 3.05) is 18.0 Å². The number of anilines is 1. The average molecular weight is 499 g/mol. The van der Waals surface area contributed by atoms with Gasteiger partial charge in [-0.2, -0.15) is 0 Å². The van der Waals surface area contributed by atoms with Crippen molar-refractivity contribution in [3.05, 3.63) is 72.3 Å². The van der Waals surface area contributed by atoms with Crippen LogP contribution < -0.4 is 10.2 Å². The van der Waals surface area contributed by atoms with E-state index in [-0.39, 0.29) is 23.7 Å². The smallest absolute Gasteiger partial charge is 0.253 e. The van der Waals surface area contributed by atoms with Crippen LogP contribution in [0.1, 0.15) is 50.7 Å². The average Bonchev–Trinajstić information content (AvgIpc) is 3.38. The maximum Gasteiger partial charge on any atom is 0.253 e. The van der Waals surface area contributed by atoms with Crippen LogP contribution in [0.2, 0.25) is 0 Å². The predicted octanol–water partition coefficient (Wildman–Crippen LogP) is 4.79. The fraction of sp³-hybridized carbons (Fsp3) is 0.379. The van der Waals surface area contributed by atoms with Gasteiger partial charge in [-0.05, 0) is 71.0 Å². The van der Waals surface area contributed by atoms with Gasteiger partial charge in [0.2, 0.25) is 0 Å². The Balaban J connectivity index is 1.32. The SMILES string of the molecule is C[C@@H]1CN(c2cccc(-c3ccc4cnc(CNC(=O)c5ccn(C(C)(C)C)c5)cc4n3)n2)C[C@H](C)O1. The normalized spacial score (nSPS) is 18.2. The molecule has 0 spiro atoms. The lowest BCUT2D eigenvalue weighted by Gasteiger charge is -2.36. The molecule has 0 radical (unpaired) electrons. The molecule has 0 aromatic carbocycles. The highest BCUT2D eigenvalue weighted by atomic mass is 16.5. The first kappa shape index (κ1) is 24.9. The highest BCUT2D eigenvalue weighted by molar-refractivity contribution is 5.94. The van der Waals surface area contributed by atoms with E-state index in [0.29, 0.717) is 12.1 Å². The number of morpholine rings is 1. The number of nitrogens with one attached hydrogen (secondary N) is 1. The zero-order valence-corrected chi connectivity index (χ0v) is 22.1. The first-order chi connectivity index (χ1) is 17.7. The van der Waals surface area contributed by atoms with Crippen molar-refractivity contribution < 1.29 is 9.53 Å². The molecule has 4 aromatic heterocycles. The van der Waals surface area contributed by atoms with Gasteiger partial charge in [0.05, 0.1) is 46.9 Å². The minimum Gasteiger partial charge on any atom is -0.372 e. The maximum atomic E-state index is 12.7. The van der Waals surface area contributed by atoms with Crippen LogP contribution in [0.25, 0.3) is 22.3 Å². The summed E-state index contributed by atoms with van der Waals surface area (Å²) >= 11 is 0. The van der Waals surface area contributed by atoms with Crippen LogP contribution in [0.15, 0.2) is 61.1 Å². The molecule has 0 saturated carbocycles. The van der Waals surface area contributed by atoms with E-state index in [2.05, 4.69) is 49.8 Å². The van der Waals surface area contributed by atoms with Crippen molar-refractivity contribution in [2.24, 2.45) is 0 Å². The summed E-state index contributed by atoms with van der Waals surface area (Å²) in [5.74, 6) is 0.805. The molecule has 1 aliphatic heterocycles. The van der Waals surface area contributed by atoms with Crippen molar-refractivity contribution in [1.29, 1.82) is 0 Å². The van der Waals surface area contributed by atoms with E-state index in [4.69, 9.17) is 14.7 Å². The molecule has 0 unspecified atom stereocenters. The third kappa shape index (κ3) is 5.64. The monoisotopic (exact) mass is 498 g/mol. The summed E-state index contributed by atoms with van der Waals surface area (Å²) in [5.41, 5.74) is 3.74. The van der Waals surface area contributed by atoms with Crippen molar-refractivity contribution in [3.8, 4) is 11.4 Å². The molecule has 1 fully saturated rings. The number of carbonyl (C=O) groups is 1. The Kier molecular flexibility index (Phi) is 6.69. The van der Waals surface area contributed by atoms with Gasteiger partial charge < -0.3 is 19.5 Å².